The monoisotopic (exact) mass is 410 g/mol. The summed E-state index contributed by atoms with van der Waals surface area (Å²) in [6.07, 6.45) is -3.60. The van der Waals surface area contributed by atoms with Gasteiger partial charge in [-0.3, -0.25) is 0 Å². The first kappa shape index (κ1) is 18.5. The van der Waals surface area contributed by atoms with Crippen molar-refractivity contribution in [3.8, 4) is 0 Å². The molecule has 2 aromatic carbocycles. The second-order valence-electron chi connectivity index (χ2n) is 5.90. The van der Waals surface area contributed by atoms with Gasteiger partial charge in [0.1, 0.15) is 0 Å². The van der Waals surface area contributed by atoms with Crippen LogP contribution in [-0.2, 0) is 16.1 Å². The molecule has 1 fully saturated rings. The molecule has 1 saturated heterocycles. The summed E-state index contributed by atoms with van der Waals surface area (Å²) < 4.78 is 12.6. The van der Waals surface area contributed by atoms with E-state index < -0.39 is 29.4 Å². The third-order valence-electron chi connectivity index (χ3n) is 4.10. The van der Waals surface area contributed by atoms with Crippen LogP contribution in [0.2, 0.25) is 0 Å². The van der Waals surface area contributed by atoms with Crippen molar-refractivity contribution >= 4 is 19.4 Å². The fraction of sp³-hybridized carbons (Fsp3) is 0.368. The first-order valence-corrected chi connectivity index (χ1v) is 10.0. The van der Waals surface area contributed by atoms with Crippen LogP contribution < -0.4 is 4.46 Å². The van der Waals surface area contributed by atoms with Crippen LogP contribution in [0.1, 0.15) is 5.56 Å². The van der Waals surface area contributed by atoms with Gasteiger partial charge in [0.05, 0.1) is 0 Å². The van der Waals surface area contributed by atoms with Crippen molar-refractivity contribution in [1.82, 2.24) is 0 Å². The summed E-state index contributed by atoms with van der Waals surface area (Å²) in [5.41, 5.74) is 0.957. The Bertz CT molecular complexity index is 639. The van der Waals surface area contributed by atoms with Gasteiger partial charge in [-0.25, -0.2) is 0 Å². The average molecular weight is 409 g/mol. The van der Waals surface area contributed by atoms with E-state index in [2.05, 4.69) is 0 Å². The van der Waals surface area contributed by atoms with Crippen LogP contribution in [0.4, 0.5) is 0 Å². The summed E-state index contributed by atoms with van der Waals surface area (Å²) in [6, 6.07) is 19.4. The van der Waals surface area contributed by atoms with E-state index in [-0.39, 0.29) is 28.2 Å². The van der Waals surface area contributed by atoms with E-state index >= 15 is 0 Å². The molecule has 0 bridgehead atoms. The number of hydrogen-bond acceptors (Lipinski definition) is 5. The van der Waals surface area contributed by atoms with Crippen molar-refractivity contribution in [3.05, 3.63) is 66.2 Å². The van der Waals surface area contributed by atoms with E-state index in [0.29, 0.717) is 0 Å². The Morgan fingerprint density at radius 1 is 0.920 bits per heavy atom. The molecule has 0 amide bonds. The van der Waals surface area contributed by atoms with Gasteiger partial charge in [-0.1, -0.05) is 0 Å². The van der Waals surface area contributed by atoms with Crippen LogP contribution in [0, 0.1) is 0 Å². The molecule has 0 radical (unpaired) electrons. The molecule has 2 aromatic rings. The van der Waals surface area contributed by atoms with Gasteiger partial charge < -0.3 is 0 Å². The Morgan fingerprint density at radius 3 is 2.20 bits per heavy atom. The Hall–Kier alpha value is -1.24. The predicted octanol–water partition coefficient (Wildman–Crippen LogP) is 0.0405. The molecule has 0 spiro atoms. The molecule has 134 valence electrons. The van der Waals surface area contributed by atoms with Gasteiger partial charge in [-0.05, 0) is 0 Å². The number of ether oxygens (including phenoxy) is 2. The van der Waals surface area contributed by atoms with Gasteiger partial charge in [-0.15, -0.1) is 0 Å². The Morgan fingerprint density at radius 2 is 1.56 bits per heavy atom. The standard InChI is InChI=1S/C19H22O5Se/c20-11-15-16(21)18(23-12-13-7-3-1-4-8-13)17(22)19(24-15)25-14-9-5-2-6-10-14/h1-10,15-22H,11-12H2/t15-,16-,17-,18+,19+/m1/s1. The van der Waals surface area contributed by atoms with E-state index in [0.717, 1.165) is 10.0 Å². The number of benzene rings is 2. The molecule has 1 aliphatic rings. The first-order chi connectivity index (χ1) is 12.2. The average Bonchev–Trinajstić information content (AvgIpc) is 2.65. The number of aliphatic hydroxyl groups is 3. The topological polar surface area (TPSA) is 79.2 Å². The van der Waals surface area contributed by atoms with Crippen LogP contribution in [-0.4, -0.2) is 66.3 Å². The van der Waals surface area contributed by atoms with E-state index in [1.54, 1.807) is 0 Å². The zero-order chi connectivity index (χ0) is 17.6. The summed E-state index contributed by atoms with van der Waals surface area (Å²) in [5, 5.41) is 30.1. The Labute approximate surface area is 153 Å². The van der Waals surface area contributed by atoms with Crippen LogP contribution in [0.15, 0.2) is 60.7 Å². The van der Waals surface area contributed by atoms with Gasteiger partial charge in [0, 0.05) is 0 Å². The van der Waals surface area contributed by atoms with Gasteiger partial charge in [0.25, 0.3) is 0 Å². The predicted molar refractivity (Wildman–Crippen MR) is 94.6 cm³/mol. The van der Waals surface area contributed by atoms with Crippen molar-refractivity contribution in [2.75, 3.05) is 6.61 Å². The van der Waals surface area contributed by atoms with Gasteiger partial charge in [0.2, 0.25) is 0 Å². The summed E-state index contributed by atoms with van der Waals surface area (Å²) in [7, 11) is 0. The van der Waals surface area contributed by atoms with Crippen LogP contribution in [0.5, 0.6) is 0 Å². The van der Waals surface area contributed by atoms with Crippen molar-refractivity contribution in [1.29, 1.82) is 0 Å². The van der Waals surface area contributed by atoms with Gasteiger partial charge in [0.15, 0.2) is 0 Å². The fourth-order valence-corrected chi connectivity index (χ4v) is 5.00. The molecular formula is C19H22O5Se. The molecule has 5 nitrogen and oxygen atoms in total. The van der Waals surface area contributed by atoms with E-state index in [4.69, 9.17) is 9.47 Å². The third-order valence-corrected chi connectivity index (χ3v) is 6.55. The second-order valence-corrected chi connectivity index (χ2v) is 8.36. The maximum absolute atomic E-state index is 10.7. The quantitative estimate of drug-likeness (QED) is 0.588. The molecular weight excluding hydrogens is 387 g/mol. The van der Waals surface area contributed by atoms with E-state index in [1.807, 2.05) is 60.7 Å². The molecule has 1 heterocycles. The van der Waals surface area contributed by atoms with Crippen molar-refractivity contribution < 1.29 is 24.8 Å². The maximum atomic E-state index is 10.7. The summed E-state index contributed by atoms with van der Waals surface area (Å²) in [5.74, 6) is 0. The van der Waals surface area contributed by atoms with Crippen molar-refractivity contribution in [3.63, 3.8) is 0 Å². The Balaban J connectivity index is 1.70. The molecule has 1 aliphatic heterocycles. The van der Waals surface area contributed by atoms with E-state index in [1.165, 1.54) is 0 Å². The third kappa shape index (κ3) is 4.68. The van der Waals surface area contributed by atoms with E-state index in [9.17, 15) is 15.3 Å². The van der Waals surface area contributed by atoms with Crippen LogP contribution in [0.3, 0.4) is 0 Å². The van der Waals surface area contributed by atoms with Crippen LogP contribution in [0.25, 0.3) is 0 Å². The summed E-state index contributed by atoms with van der Waals surface area (Å²) >= 11 is -0.164. The fourth-order valence-electron chi connectivity index (χ4n) is 2.75. The molecule has 0 aromatic heterocycles. The molecule has 3 N–H and O–H groups in total. The summed E-state index contributed by atoms with van der Waals surface area (Å²) in [4.78, 5) is 0. The molecule has 0 aliphatic carbocycles. The minimum atomic E-state index is -1.08. The van der Waals surface area contributed by atoms with Gasteiger partial charge >= 0.3 is 153 Å². The molecule has 3 rings (SSSR count). The first-order valence-electron chi connectivity index (χ1n) is 8.18. The number of aliphatic hydroxyl groups excluding tert-OH is 3. The normalized spacial score (nSPS) is 29.5. The Kier molecular flexibility index (Phi) is 6.62. The van der Waals surface area contributed by atoms with Crippen LogP contribution >= 0.6 is 0 Å². The molecule has 0 saturated carbocycles. The van der Waals surface area contributed by atoms with Crippen molar-refractivity contribution in [2.45, 2.75) is 36.0 Å². The molecule has 6 heteroatoms. The van der Waals surface area contributed by atoms with Gasteiger partial charge in [-0.2, -0.15) is 0 Å². The number of rotatable bonds is 6. The SMILES string of the molecule is OC[C@H]1O[C@@H]([Se]c2ccccc2)[C@H](O)[C@@H](OCc2ccccc2)[C@@H]1O. The summed E-state index contributed by atoms with van der Waals surface area (Å²) in [6.45, 7) is -0.0384. The molecule has 25 heavy (non-hydrogen) atoms. The minimum absolute atomic E-state index is 0.164. The molecule has 0 unspecified atom stereocenters. The zero-order valence-electron chi connectivity index (χ0n) is 13.6. The van der Waals surface area contributed by atoms with Crippen molar-refractivity contribution in [2.24, 2.45) is 0 Å². The zero-order valence-corrected chi connectivity index (χ0v) is 15.4. The second kappa shape index (κ2) is 8.92. The number of hydrogen-bond donors (Lipinski definition) is 3. The molecule has 5 atom stereocenters.